The van der Waals surface area contributed by atoms with Crippen molar-refractivity contribution in [3.8, 4) is 0 Å². The van der Waals surface area contributed by atoms with Crippen LogP contribution < -0.4 is 0 Å². The average Bonchev–Trinajstić information content (AvgIpc) is 2.38. The van der Waals surface area contributed by atoms with Crippen LogP contribution in [0, 0.1) is 0 Å². The molecule has 0 aromatic rings. The molecule has 0 aromatic heterocycles. The fourth-order valence-corrected chi connectivity index (χ4v) is 2.78. The summed E-state index contributed by atoms with van der Waals surface area (Å²) in [5, 5.41) is 0. The minimum Gasteiger partial charge on any atom is -0.870 e. The predicted octanol–water partition coefficient (Wildman–Crippen LogP) is 5.17. The minimum absolute atomic E-state index is 0. The maximum Gasteiger partial charge on any atom is 0.0780 e. The molecule has 0 aromatic carbocycles. The quantitative estimate of drug-likeness (QED) is 0.303. The molecular formula is C19H45NO2. The van der Waals surface area contributed by atoms with Crippen LogP contribution in [0.1, 0.15) is 96.8 Å². The van der Waals surface area contributed by atoms with Gasteiger partial charge in [-0.3, -0.25) is 0 Å². The van der Waals surface area contributed by atoms with Gasteiger partial charge < -0.3 is 15.4 Å². The fraction of sp³-hybridized carbons (Fsp3) is 1.00. The zero-order valence-corrected chi connectivity index (χ0v) is 16.0. The lowest BCUT2D eigenvalue weighted by atomic mass is 10.0. The van der Waals surface area contributed by atoms with E-state index in [2.05, 4.69) is 28.1 Å². The van der Waals surface area contributed by atoms with Gasteiger partial charge in [0.2, 0.25) is 0 Å². The van der Waals surface area contributed by atoms with Crippen LogP contribution in [0.3, 0.4) is 0 Å². The second-order valence-corrected chi connectivity index (χ2v) is 7.61. The van der Waals surface area contributed by atoms with Crippen molar-refractivity contribution in [2.75, 3.05) is 27.7 Å². The van der Waals surface area contributed by atoms with Crippen molar-refractivity contribution in [1.29, 1.82) is 0 Å². The molecule has 0 aliphatic rings. The van der Waals surface area contributed by atoms with Gasteiger partial charge in [-0.2, -0.15) is 0 Å². The van der Waals surface area contributed by atoms with Crippen LogP contribution in [0.25, 0.3) is 0 Å². The Hall–Kier alpha value is -0.120. The molecule has 0 rings (SSSR count). The molecule has 0 aliphatic carbocycles. The van der Waals surface area contributed by atoms with E-state index in [4.69, 9.17) is 0 Å². The highest BCUT2D eigenvalue weighted by atomic mass is 16.0. The molecule has 22 heavy (non-hydrogen) atoms. The lowest BCUT2D eigenvalue weighted by Gasteiger charge is -2.23. The van der Waals surface area contributed by atoms with Crippen molar-refractivity contribution in [2.24, 2.45) is 0 Å². The Kier molecular flexibility index (Phi) is 23.0. The molecule has 0 saturated carbocycles. The van der Waals surface area contributed by atoms with E-state index in [0.717, 1.165) is 4.48 Å². The zero-order chi connectivity index (χ0) is 15.1. The van der Waals surface area contributed by atoms with Crippen molar-refractivity contribution in [3.63, 3.8) is 0 Å². The maximum absolute atomic E-state index is 2.29. The molecule has 3 N–H and O–H groups in total. The van der Waals surface area contributed by atoms with Crippen LogP contribution in [0.5, 0.6) is 0 Å². The van der Waals surface area contributed by atoms with E-state index in [9.17, 15) is 0 Å². The Morgan fingerprint density at radius 2 is 0.773 bits per heavy atom. The summed E-state index contributed by atoms with van der Waals surface area (Å²) in [5.74, 6) is 0. The first-order valence-electron chi connectivity index (χ1n) is 9.36. The molecule has 138 valence electrons. The summed E-state index contributed by atoms with van der Waals surface area (Å²) < 4.78 is 1.12. The third-order valence-corrected chi connectivity index (χ3v) is 4.18. The lowest BCUT2D eigenvalue weighted by Crippen LogP contribution is -2.35. The van der Waals surface area contributed by atoms with Crippen LogP contribution in [-0.2, 0) is 0 Å². The average molecular weight is 320 g/mol. The Morgan fingerprint density at radius 3 is 1.05 bits per heavy atom. The first-order chi connectivity index (χ1) is 9.56. The van der Waals surface area contributed by atoms with Crippen molar-refractivity contribution in [1.82, 2.24) is 0 Å². The molecule has 3 nitrogen and oxygen atoms in total. The summed E-state index contributed by atoms with van der Waals surface area (Å²) in [5.41, 5.74) is 0. The smallest absolute Gasteiger partial charge is 0.0780 e. The molecule has 0 radical (unpaired) electrons. The number of hydrogen-bond acceptors (Lipinski definition) is 1. The first-order valence-corrected chi connectivity index (χ1v) is 9.36. The highest BCUT2D eigenvalue weighted by Crippen LogP contribution is 2.13. The van der Waals surface area contributed by atoms with Crippen LogP contribution in [0.4, 0.5) is 0 Å². The van der Waals surface area contributed by atoms with E-state index in [1.165, 1.54) is 96.4 Å². The minimum atomic E-state index is 0. The molecule has 0 amide bonds. The zero-order valence-electron chi connectivity index (χ0n) is 16.0. The van der Waals surface area contributed by atoms with Crippen molar-refractivity contribution < 1.29 is 15.4 Å². The summed E-state index contributed by atoms with van der Waals surface area (Å²) >= 11 is 0. The summed E-state index contributed by atoms with van der Waals surface area (Å²) in [6.07, 6.45) is 20.4. The topological polar surface area (TPSA) is 61.5 Å². The molecule has 0 saturated heterocycles. The Bertz CT molecular complexity index is 190. The number of hydrogen-bond donors (Lipinski definition) is 0. The molecule has 0 unspecified atom stereocenters. The third kappa shape index (κ3) is 24.9. The molecular weight excluding hydrogens is 274 g/mol. The summed E-state index contributed by atoms with van der Waals surface area (Å²) in [7, 11) is 6.88. The SMILES string of the molecule is CCCCCCCCCCCCCCCC[N+](C)(C)C.O.[OH-]. The first kappa shape index (κ1) is 26.8. The largest absolute Gasteiger partial charge is 0.870 e. The molecule has 3 heteroatoms. The van der Waals surface area contributed by atoms with Crippen LogP contribution >= 0.6 is 0 Å². The maximum atomic E-state index is 2.29. The highest BCUT2D eigenvalue weighted by molar-refractivity contribution is 4.49. The molecule has 0 bridgehead atoms. The van der Waals surface area contributed by atoms with Gasteiger partial charge in [0.1, 0.15) is 0 Å². The molecule has 0 aliphatic heterocycles. The molecule has 0 atom stereocenters. The Labute approximate surface area is 140 Å². The van der Waals surface area contributed by atoms with Gasteiger partial charge in [-0.15, -0.1) is 0 Å². The Morgan fingerprint density at radius 1 is 0.500 bits per heavy atom. The summed E-state index contributed by atoms with van der Waals surface area (Å²) in [4.78, 5) is 0. The van der Waals surface area contributed by atoms with Gasteiger partial charge in [0, 0.05) is 0 Å². The van der Waals surface area contributed by atoms with Crippen molar-refractivity contribution >= 4 is 0 Å². The normalized spacial score (nSPS) is 10.9. The number of quaternary nitrogens is 1. The van der Waals surface area contributed by atoms with E-state index in [0.29, 0.717) is 0 Å². The summed E-state index contributed by atoms with van der Waals surface area (Å²) in [6, 6.07) is 0. The number of rotatable bonds is 15. The van der Waals surface area contributed by atoms with Crippen LogP contribution in [0.2, 0.25) is 0 Å². The van der Waals surface area contributed by atoms with Gasteiger partial charge in [0.25, 0.3) is 0 Å². The van der Waals surface area contributed by atoms with Gasteiger partial charge in [-0.05, 0) is 12.8 Å². The lowest BCUT2D eigenvalue weighted by molar-refractivity contribution is -0.870. The standard InChI is InChI=1S/C19H42N.2H2O/c1-5-6-7-8-9-10-11-12-13-14-15-16-17-18-19-20(2,3)4;;/h5-19H2,1-4H3;2*1H2/q+1;;/p-1. The Balaban J connectivity index is -0.00000180. The van der Waals surface area contributed by atoms with E-state index in [-0.39, 0.29) is 11.0 Å². The van der Waals surface area contributed by atoms with Gasteiger partial charge in [-0.1, -0.05) is 84.0 Å². The molecule has 0 heterocycles. The molecule has 0 spiro atoms. The van der Waals surface area contributed by atoms with Gasteiger partial charge in [0.05, 0.1) is 27.7 Å². The van der Waals surface area contributed by atoms with Crippen LogP contribution in [-0.4, -0.2) is 43.1 Å². The second kappa shape index (κ2) is 18.9. The monoisotopic (exact) mass is 319 g/mol. The van der Waals surface area contributed by atoms with Gasteiger partial charge in [0.15, 0.2) is 0 Å². The van der Waals surface area contributed by atoms with E-state index in [1.807, 2.05) is 0 Å². The van der Waals surface area contributed by atoms with Gasteiger partial charge >= 0.3 is 0 Å². The number of nitrogens with zero attached hydrogens (tertiary/aromatic N) is 1. The highest BCUT2D eigenvalue weighted by Gasteiger charge is 2.04. The third-order valence-electron chi connectivity index (χ3n) is 4.18. The predicted molar refractivity (Wildman–Crippen MR) is 98.8 cm³/mol. The van der Waals surface area contributed by atoms with E-state index in [1.54, 1.807) is 0 Å². The summed E-state index contributed by atoms with van der Waals surface area (Å²) in [6.45, 7) is 3.63. The van der Waals surface area contributed by atoms with Crippen molar-refractivity contribution in [2.45, 2.75) is 96.8 Å². The molecule has 0 fully saturated rings. The number of unbranched alkanes of at least 4 members (excludes halogenated alkanes) is 13. The second-order valence-electron chi connectivity index (χ2n) is 7.61. The van der Waals surface area contributed by atoms with E-state index < -0.39 is 0 Å². The van der Waals surface area contributed by atoms with Crippen molar-refractivity contribution in [3.05, 3.63) is 0 Å². The van der Waals surface area contributed by atoms with Gasteiger partial charge in [-0.25, -0.2) is 0 Å². The van der Waals surface area contributed by atoms with E-state index >= 15 is 0 Å². The fourth-order valence-electron chi connectivity index (χ4n) is 2.78. The van der Waals surface area contributed by atoms with Crippen LogP contribution in [0.15, 0.2) is 0 Å².